The van der Waals surface area contributed by atoms with E-state index in [1.807, 2.05) is 91.0 Å². The molecule has 1 aliphatic heterocycles. The molecule has 9 nitrogen and oxygen atoms in total. The summed E-state index contributed by atoms with van der Waals surface area (Å²) in [5.41, 5.74) is 0.0137. The number of H-pyrrole nitrogens is 1. The Bertz CT molecular complexity index is 1310. The third kappa shape index (κ3) is 4.29. The molecule has 0 saturated carbocycles. The molecular formula is C27H25N3O6. The van der Waals surface area contributed by atoms with Gasteiger partial charge in [0.25, 0.3) is 5.56 Å². The van der Waals surface area contributed by atoms with Crippen LogP contribution in [0.25, 0.3) is 0 Å². The van der Waals surface area contributed by atoms with Crippen molar-refractivity contribution in [1.29, 1.82) is 0 Å². The van der Waals surface area contributed by atoms with Crippen molar-refractivity contribution in [3.05, 3.63) is 135 Å². The zero-order valence-electron chi connectivity index (χ0n) is 19.2. The van der Waals surface area contributed by atoms with Crippen LogP contribution in [0.15, 0.2) is 107 Å². The smallest absolute Gasteiger partial charge is 0.347 e. The topological polar surface area (TPSA) is 127 Å². The van der Waals surface area contributed by atoms with Crippen LogP contribution in [0, 0.1) is 0 Å². The zero-order valence-corrected chi connectivity index (χ0v) is 19.2. The minimum atomic E-state index is -1.46. The van der Waals surface area contributed by atoms with Gasteiger partial charge >= 0.3 is 5.69 Å². The molecule has 0 aliphatic carbocycles. The maximum absolute atomic E-state index is 12.2. The third-order valence-electron chi connectivity index (χ3n) is 6.32. The molecule has 1 saturated heterocycles. The van der Waals surface area contributed by atoms with Crippen LogP contribution in [-0.2, 0) is 15.1 Å². The highest BCUT2D eigenvalue weighted by Crippen LogP contribution is 2.41. The Labute approximate surface area is 206 Å². The molecule has 5 rings (SSSR count). The number of aliphatic hydroxyl groups is 2. The first-order valence-corrected chi connectivity index (χ1v) is 11.5. The minimum absolute atomic E-state index is 0.120. The van der Waals surface area contributed by atoms with Gasteiger partial charge in [-0.2, -0.15) is 9.78 Å². The predicted octanol–water partition coefficient (Wildman–Crippen LogP) is 1.56. The van der Waals surface area contributed by atoms with E-state index in [4.69, 9.17) is 9.47 Å². The van der Waals surface area contributed by atoms with Crippen LogP contribution in [0.5, 0.6) is 0 Å². The largest absolute Gasteiger partial charge is 0.387 e. The number of rotatable bonds is 7. The summed E-state index contributed by atoms with van der Waals surface area (Å²) in [6, 6.07) is 29.1. The van der Waals surface area contributed by atoms with Crippen LogP contribution in [0.4, 0.5) is 0 Å². The van der Waals surface area contributed by atoms with Crippen molar-refractivity contribution in [3.8, 4) is 0 Å². The summed E-state index contributed by atoms with van der Waals surface area (Å²) in [6.45, 7) is -0.120. The molecule has 0 radical (unpaired) electrons. The number of aromatic nitrogens is 3. The predicted molar refractivity (Wildman–Crippen MR) is 130 cm³/mol. The number of benzene rings is 3. The average Bonchev–Trinajstić information content (AvgIpc) is 3.19. The van der Waals surface area contributed by atoms with Gasteiger partial charge in [-0.1, -0.05) is 91.0 Å². The highest BCUT2D eigenvalue weighted by molar-refractivity contribution is 5.47. The number of nitrogens with zero attached hydrogens (tertiary/aromatic N) is 2. The van der Waals surface area contributed by atoms with Gasteiger partial charge in [-0.15, -0.1) is 0 Å². The molecule has 4 aromatic rings. The van der Waals surface area contributed by atoms with Crippen LogP contribution < -0.4 is 11.2 Å². The Hall–Kier alpha value is -3.89. The van der Waals surface area contributed by atoms with E-state index in [1.165, 1.54) is 0 Å². The van der Waals surface area contributed by atoms with Gasteiger partial charge in [-0.05, 0) is 16.7 Å². The molecule has 3 aromatic carbocycles. The fourth-order valence-electron chi connectivity index (χ4n) is 4.59. The van der Waals surface area contributed by atoms with E-state index in [2.05, 4.69) is 10.1 Å². The van der Waals surface area contributed by atoms with Crippen LogP contribution in [-0.4, -0.2) is 49.9 Å². The quantitative estimate of drug-likeness (QED) is 0.338. The minimum Gasteiger partial charge on any atom is -0.387 e. The van der Waals surface area contributed by atoms with Crippen molar-refractivity contribution >= 4 is 0 Å². The molecule has 9 heteroatoms. The number of hydrogen-bond donors (Lipinski definition) is 3. The average molecular weight is 488 g/mol. The Kier molecular flexibility index (Phi) is 6.62. The zero-order chi connectivity index (χ0) is 25.1. The Morgan fingerprint density at radius 1 is 0.833 bits per heavy atom. The lowest BCUT2D eigenvalue weighted by atomic mass is 9.80. The van der Waals surface area contributed by atoms with E-state index in [-0.39, 0.29) is 6.61 Å². The summed E-state index contributed by atoms with van der Waals surface area (Å²) in [6.07, 6.45) is -4.21. The summed E-state index contributed by atoms with van der Waals surface area (Å²) in [5, 5.41) is 25.2. The maximum Gasteiger partial charge on any atom is 0.347 e. The lowest BCUT2D eigenvalue weighted by Gasteiger charge is -2.37. The Balaban J connectivity index is 1.52. The van der Waals surface area contributed by atoms with Crippen molar-refractivity contribution in [2.24, 2.45) is 0 Å². The van der Waals surface area contributed by atoms with E-state index < -0.39 is 41.4 Å². The highest BCUT2D eigenvalue weighted by atomic mass is 16.6. The van der Waals surface area contributed by atoms with Crippen molar-refractivity contribution in [1.82, 2.24) is 14.8 Å². The molecule has 36 heavy (non-hydrogen) atoms. The second-order valence-electron chi connectivity index (χ2n) is 8.52. The molecule has 0 amide bonds. The van der Waals surface area contributed by atoms with Gasteiger partial charge in [0.05, 0.1) is 6.61 Å². The van der Waals surface area contributed by atoms with Crippen molar-refractivity contribution in [2.75, 3.05) is 6.61 Å². The number of aromatic amines is 1. The number of ether oxygens (including phenoxy) is 2. The first-order valence-electron chi connectivity index (χ1n) is 11.5. The molecular weight excluding hydrogens is 462 g/mol. The first kappa shape index (κ1) is 23.8. The molecule has 0 bridgehead atoms. The summed E-state index contributed by atoms with van der Waals surface area (Å²) in [5.74, 6) is 0. The van der Waals surface area contributed by atoms with E-state index in [0.717, 1.165) is 27.6 Å². The summed E-state index contributed by atoms with van der Waals surface area (Å²) in [4.78, 5) is 25.7. The van der Waals surface area contributed by atoms with Crippen LogP contribution in [0.2, 0.25) is 0 Å². The van der Waals surface area contributed by atoms with Crippen molar-refractivity contribution < 1.29 is 19.7 Å². The molecule has 0 unspecified atom stereocenters. The van der Waals surface area contributed by atoms with Gasteiger partial charge in [0.1, 0.15) is 30.1 Å². The van der Waals surface area contributed by atoms with Gasteiger partial charge in [-0.3, -0.25) is 9.78 Å². The van der Waals surface area contributed by atoms with Gasteiger partial charge in [-0.25, -0.2) is 4.79 Å². The summed E-state index contributed by atoms with van der Waals surface area (Å²) in [7, 11) is 0. The fraction of sp³-hybridized carbons (Fsp3) is 0.222. The summed E-state index contributed by atoms with van der Waals surface area (Å²) >= 11 is 0. The highest BCUT2D eigenvalue weighted by Gasteiger charge is 2.47. The lowest BCUT2D eigenvalue weighted by molar-refractivity contribution is -0.0989. The normalized spacial score (nSPS) is 21.9. The van der Waals surface area contributed by atoms with Gasteiger partial charge in [0, 0.05) is 0 Å². The second kappa shape index (κ2) is 10.00. The molecule has 1 aliphatic rings. The Morgan fingerprint density at radius 3 is 1.81 bits per heavy atom. The van der Waals surface area contributed by atoms with Crippen molar-refractivity contribution in [3.63, 3.8) is 0 Å². The number of nitrogens with one attached hydrogen (secondary N) is 1. The van der Waals surface area contributed by atoms with Crippen LogP contribution in [0.3, 0.4) is 0 Å². The maximum atomic E-state index is 12.2. The number of aliphatic hydroxyl groups excluding tert-OH is 2. The third-order valence-corrected chi connectivity index (χ3v) is 6.32. The van der Waals surface area contributed by atoms with Gasteiger partial charge in [0.15, 0.2) is 6.23 Å². The van der Waals surface area contributed by atoms with Gasteiger partial charge in [0.2, 0.25) is 0 Å². The van der Waals surface area contributed by atoms with Crippen LogP contribution in [0.1, 0.15) is 22.9 Å². The molecule has 4 atom stereocenters. The van der Waals surface area contributed by atoms with Crippen molar-refractivity contribution in [2.45, 2.75) is 30.1 Å². The van der Waals surface area contributed by atoms with Crippen LogP contribution >= 0.6 is 0 Å². The monoisotopic (exact) mass is 487 g/mol. The second-order valence-corrected chi connectivity index (χ2v) is 8.52. The summed E-state index contributed by atoms with van der Waals surface area (Å²) < 4.78 is 13.3. The fourth-order valence-corrected chi connectivity index (χ4v) is 4.59. The SMILES string of the molecule is O=c1cnn([C@@H]2O[C@H](COC(c3ccccc3)(c3ccccc3)c3ccccc3)[C@@H](O)[C@H]2O)c(=O)[nH]1. The molecule has 3 N–H and O–H groups in total. The molecule has 184 valence electrons. The first-order chi connectivity index (χ1) is 17.5. The van der Waals surface area contributed by atoms with E-state index in [0.29, 0.717) is 0 Å². The number of hydrogen-bond acceptors (Lipinski definition) is 7. The lowest BCUT2D eigenvalue weighted by Crippen LogP contribution is -2.40. The Morgan fingerprint density at radius 2 is 1.33 bits per heavy atom. The molecule has 1 fully saturated rings. The molecule has 0 spiro atoms. The van der Waals surface area contributed by atoms with E-state index in [1.54, 1.807) is 0 Å². The van der Waals surface area contributed by atoms with E-state index in [9.17, 15) is 19.8 Å². The standard InChI is InChI=1S/C27H25N3O6/c31-22-16-28-30(26(34)29-22)25-24(33)23(32)21(36-25)17-35-27(18-10-4-1-5-11-18,19-12-6-2-7-13-19)20-14-8-3-9-15-20/h1-16,21,23-25,32-33H,17H2,(H,29,31,34)/t21-,23-,24-,25-/m1/s1. The van der Waals surface area contributed by atoms with Gasteiger partial charge < -0.3 is 19.7 Å². The molecule has 1 aromatic heterocycles. The molecule has 2 heterocycles. The van der Waals surface area contributed by atoms with E-state index >= 15 is 0 Å².